The highest BCUT2D eigenvalue weighted by molar-refractivity contribution is 5.85. The van der Waals surface area contributed by atoms with Gasteiger partial charge in [0.05, 0.1) is 6.04 Å². The van der Waals surface area contributed by atoms with Gasteiger partial charge in [-0.2, -0.15) is 0 Å². The molecular formula is C9H18N2O3. The summed E-state index contributed by atoms with van der Waals surface area (Å²) in [6.07, 6.45) is 0. The zero-order valence-electron chi connectivity index (χ0n) is 9.07. The van der Waals surface area contributed by atoms with Crippen LogP contribution in [-0.2, 0) is 9.59 Å². The third kappa shape index (κ3) is 3.74. The van der Waals surface area contributed by atoms with Gasteiger partial charge in [0.1, 0.15) is 6.54 Å². The third-order valence-electron chi connectivity index (χ3n) is 1.95. The second-order valence-electron chi connectivity index (χ2n) is 4.43. The average Bonchev–Trinajstić information content (AvgIpc) is 1.98. The molecule has 0 aromatic carbocycles. The van der Waals surface area contributed by atoms with E-state index in [1.54, 1.807) is 0 Å². The predicted molar refractivity (Wildman–Crippen MR) is 52.7 cm³/mol. The Morgan fingerprint density at radius 2 is 1.86 bits per heavy atom. The van der Waals surface area contributed by atoms with E-state index in [9.17, 15) is 9.59 Å². The average molecular weight is 202 g/mol. The van der Waals surface area contributed by atoms with Crippen LogP contribution in [0.3, 0.4) is 0 Å². The van der Waals surface area contributed by atoms with E-state index in [1.807, 2.05) is 20.8 Å². The summed E-state index contributed by atoms with van der Waals surface area (Å²) in [5, 5.41) is 8.48. The number of hydrogen-bond acceptors (Lipinski definition) is 3. The maximum absolute atomic E-state index is 11.6. The molecule has 0 heterocycles. The Bertz CT molecular complexity index is 233. The van der Waals surface area contributed by atoms with E-state index >= 15 is 0 Å². The van der Waals surface area contributed by atoms with Crippen LogP contribution in [0.1, 0.15) is 20.8 Å². The molecule has 0 aromatic heterocycles. The van der Waals surface area contributed by atoms with E-state index < -0.39 is 12.0 Å². The lowest BCUT2D eigenvalue weighted by atomic mass is 9.86. The fraction of sp³-hybridized carbons (Fsp3) is 0.778. The van der Waals surface area contributed by atoms with Crippen molar-refractivity contribution in [2.45, 2.75) is 26.8 Å². The third-order valence-corrected chi connectivity index (χ3v) is 1.95. The molecule has 14 heavy (non-hydrogen) atoms. The van der Waals surface area contributed by atoms with Gasteiger partial charge in [0, 0.05) is 7.05 Å². The zero-order valence-corrected chi connectivity index (χ0v) is 9.07. The van der Waals surface area contributed by atoms with Gasteiger partial charge in [-0.05, 0) is 5.41 Å². The van der Waals surface area contributed by atoms with Crippen molar-refractivity contribution in [1.29, 1.82) is 0 Å². The molecule has 0 aliphatic carbocycles. The minimum absolute atomic E-state index is 0.317. The molecule has 0 radical (unpaired) electrons. The molecular weight excluding hydrogens is 184 g/mol. The van der Waals surface area contributed by atoms with Crippen molar-refractivity contribution in [3.05, 3.63) is 0 Å². The summed E-state index contributed by atoms with van der Waals surface area (Å²) in [6.45, 7) is 5.20. The summed E-state index contributed by atoms with van der Waals surface area (Å²) in [7, 11) is 1.43. The lowest BCUT2D eigenvalue weighted by Gasteiger charge is -2.29. The first kappa shape index (κ1) is 12.9. The van der Waals surface area contributed by atoms with Crippen molar-refractivity contribution in [2.75, 3.05) is 13.6 Å². The molecule has 3 N–H and O–H groups in total. The number of carboxylic acid groups (broad SMARTS) is 1. The molecule has 0 aliphatic heterocycles. The molecule has 0 rings (SSSR count). The lowest BCUT2D eigenvalue weighted by molar-refractivity contribution is -0.144. The van der Waals surface area contributed by atoms with Gasteiger partial charge >= 0.3 is 5.97 Å². The number of carbonyl (C=O) groups is 2. The number of rotatable bonds is 3. The molecule has 82 valence electrons. The Morgan fingerprint density at radius 1 is 1.43 bits per heavy atom. The molecule has 0 saturated heterocycles. The molecule has 0 saturated carbocycles. The quantitative estimate of drug-likeness (QED) is 0.669. The smallest absolute Gasteiger partial charge is 0.323 e. The van der Waals surface area contributed by atoms with Gasteiger partial charge in [0.25, 0.3) is 0 Å². The van der Waals surface area contributed by atoms with Crippen molar-refractivity contribution < 1.29 is 14.7 Å². The Balaban J connectivity index is 4.40. The fourth-order valence-corrected chi connectivity index (χ4v) is 0.889. The van der Waals surface area contributed by atoms with Gasteiger partial charge in [-0.1, -0.05) is 20.8 Å². The van der Waals surface area contributed by atoms with Gasteiger partial charge in [0.15, 0.2) is 0 Å². The first-order valence-electron chi connectivity index (χ1n) is 4.38. The van der Waals surface area contributed by atoms with Crippen LogP contribution in [0.4, 0.5) is 0 Å². The molecule has 0 unspecified atom stereocenters. The van der Waals surface area contributed by atoms with E-state index in [1.165, 1.54) is 7.05 Å². The van der Waals surface area contributed by atoms with Gasteiger partial charge < -0.3 is 15.7 Å². The SMILES string of the molecule is CN(CC(=O)O)C(=O)[C@@H](N)C(C)(C)C. The number of likely N-dealkylation sites (N-methyl/N-ethyl adjacent to an activating group) is 1. The van der Waals surface area contributed by atoms with Crippen LogP contribution in [0.2, 0.25) is 0 Å². The van der Waals surface area contributed by atoms with Crippen molar-refractivity contribution in [1.82, 2.24) is 4.90 Å². The summed E-state index contributed by atoms with van der Waals surface area (Å²) in [5.41, 5.74) is 5.33. The number of hydrogen-bond donors (Lipinski definition) is 2. The second kappa shape index (κ2) is 4.41. The number of amides is 1. The van der Waals surface area contributed by atoms with Crippen LogP contribution in [0.5, 0.6) is 0 Å². The van der Waals surface area contributed by atoms with Crippen LogP contribution in [0, 0.1) is 5.41 Å². The van der Waals surface area contributed by atoms with Crippen LogP contribution < -0.4 is 5.73 Å². The standard InChI is InChI=1S/C9H18N2O3/c1-9(2,3)7(10)8(14)11(4)5-6(12)13/h7H,5,10H2,1-4H3,(H,12,13)/t7-/m1/s1. The number of nitrogens with zero attached hydrogens (tertiary/aromatic N) is 1. The van der Waals surface area contributed by atoms with Crippen LogP contribution in [-0.4, -0.2) is 41.5 Å². The molecule has 0 fully saturated rings. The Kier molecular flexibility index (Phi) is 4.07. The van der Waals surface area contributed by atoms with Crippen LogP contribution in [0.15, 0.2) is 0 Å². The van der Waals surface area contributed by atoms with Crippen molar-refractivity contribution >= 4 is 11.9 Å². The Hall–Kier alpha value is -1.10. The van der Waals surface area contributed by atoms with Crippen LogP contribution in [0.25, 0.3) is 0 Å². The van der Waals surface area contributed by atoms with E-state index in [2.05, 4.69) is 0 Å². The normalized spacial score (nSPS) is 13.5. The first-order valence-corrected chi connectivity index (χ1v) is 4.38. The van der Waals surface area contributed by atoms with Crippen LogP contribution >= 0.6 is 0 Å². The molecule has 0 spiro atoms. The highest BCUT2D eigenvalue weighted by Crippen LogP contribution is 2.18. The van der Waals surface area contributed by atoms with Gasteiger partial charge in [-0.3, -0.25) is 9.59 Å². The summed E-state index contributed by atoms with van der Waals surface area (Å²) in [4.78, 5) is 23.0. The van der Waals surface area contributed by atoms with Gasteiger partial charge in [-0.15, -0.1) is 0 Å². The Labute approximate surface area is 83.9 Å². The first-order chi connectivity index (χ1) is 6.16. The van der Waals surface area contributed by atoms with E-state index in [0.29, 0.717) is 0 Å². The highest BCUT2D eigenvalue weighted by Gasteiger charge is 2.30. The fourth-order valence-electron chi connectivity index (χ4n) is 0.889. The second-order valence-corrected chi connectivity index (χ2v) is 4.43. The van der Waals surface area contributed by atoms with E-state index in [-0.39, 0.29) is 17.9 Å². The molecule has 1 amide bonds. The minimum Gasteiger partial charge on any atom is -0.480 e. The monoisotopic (exact) mass is 202 g/mol. The molecule has 0 aliphatic rings. The summed E-state index contributed by atoms with van der Waals surface area (Å²) >= 11 is 0. The molecule has 0 bridgehead atoms. The van der Waals surface area contributed by atoms with Gasteiger partial charge in [-0.25, -0.2) is 0 Å². The molecule has 5 heteroatoms. The number of carbonyl (C=O) groups excluding carboxylic acids is 1. The lowest BCUT2D eigenvalue weighted by Crippen LogP contribution is -2.50. The topological polar surface area (TPSA) is 83.6 Å². The highest BCUT2D eigenvalue weighted by atomic mass is 16.4. The maximum atomic E-state index is 11.6. The number of aliphatic carboxylic acids is 1. The zero-order chi connectivity index (χ0) is 11.5. The summed E-state index contributed by atoms with van der Waals surface area (Å²) in [5.74, 6) is -1.39. The Morgan fingerprint density at radius 3 is 2.14 bits per heavy atom. The summed E-state index contributed by atoms with van der Waals surface area (Å²) < 4.78 is 0. The van der Waals surface area contributed by atoms with Crippen molar-refractivity contribution in [3.63, 3.8) is 0 Å². The maximum Gasteiger partial charge on any atom is 0.323 e. The largest absolute Gasteiger partial charge is 0.480 e. The minimum atomic E-state index is -1.04. The summed E-state index contributed by atoms with van der Waals surface area (Å²) in [6, 6.07) is -0.674. The predicted octanol–water partition coefficient (Wildman–Crippen LogP) is -0.0972. The number of carboxylic acids is 1. The molecule has 1 atom stereocenters. The van der Waals surface area contributed by atoms with Gasteiger partial charge in [0.2, 0.25) is 5.91 Å². The van der Waals surface area contributed by atoms with Crippen molar-refractivity contribution in [2.24, 2.45) is 11.1 Å². The van der Waals surface area contributed by atoms with E-state index in [4.69, 9.17) is 10.8 Å². The molecule has 0 aromatic rings. The van der Waals surface area contributed by atoms with Crippen molar-refractivity contribution in [3.8, 4) is 0 Å². The number of nitrogens with two attached hydrogens (primary N) is 1. The van der Waals surface area contributed by atoms with E-state index in [0.717, 1.165) is 4.90 Å². The molecule has 5 nitrogen and oxygen atoms in total.